The van der Waals surface area contributed by atoms with Crippen LogP contribution in [0.25, 0.3) is 0 Å². The van der Waals surface area contributed by atoms with Gasteiger partial charge in [-0.3, -0.25) is 0 Å². The van der Waals surface area contributed by atoms with Crippen molar-refractivity contribution >= 4 is 69.5 Å². The van der Waals surface area contributed by atoms with E-state index >= 15 is 0 Å². The summed E-state index contributed by atoms with van der Waals surface area (Å²) < 4.78 is 43.7. The Morgan fingerprint density at radius 2 is 1.85 bits per heavy atom. The van der Waals surface area contributed by atoms with Gasteiger partial charge in [0.15, 0.2) is 0 Å². The molecule has 1 aromatic heterocycles. The van der Waals surface area contributed by atoms with E-state index in [1.165, 1.54) is 30.5 Å². The van der Waals surface area contributed by atoms with Crippen molar-refractivity contribution in [1.29, 1.82) is 0 Å². The van der Waals surface area contributed by atoms with E-state index in [9.17, 15) is 22.7 Å². The number of halogens is 3. The normalized spacial score (nSPS) is 18.1. The van der Waals surface area contributed by atoms with E-state index in [4.69, 9.17) is 23.2 Å². The van der Waals surface area contributed by atoms with Crippen molar-refractivity contribution in [2.24, 2.45) is 0 Å². The molecule has 0 spiro atoms. The molecule has 33 heavy (non-hydrogen) atoms. The maximum absolute atomic E-state index is 13.9. The van der Waals surface area contributed by atoms with Gasteiger partial charge in [-0.25, -0.2) is 0 Å². The van der Waals surface area contributed by atoms with Crippen LogP contribution >= 0.6 is 23.2 Å². The quantitative estimate of drug-likeness (QED) is 0.460. The Labute approximate surface area is 207 Å². The topological polar surface area (TPSA) is 87.6 Å². The Kier molecular flexibility index (Phi) is 6.74. The van der Waals surface area contributed by atoms with Crippen molar-refractivity contribution in [1.82, 2.24) is 4.98 Å². The number of carbonyl (C=O) groups is 1. The number of carboxylic acids is 1. The summed E-state index contributed by atoms with van der Waals surface area (Å²) in [5.74, 6) is -2.31. The fourth-order valence-corrected chi connectivity index (χ4v) is 8.41. The van der Waals surface area contributed by atoms with Crippen molar-refractivity contribution in [3.8, 4) is 0 Å². The van der Waals surface area contributed by atoms with Crippen LogP contribution in [0.15, 0.2) is 59.6 Å². The molecule has 1 aliphatic heterocycles. The number of pyridine rings is 1. The fraction of sp³-hybridized carbons (Fsp3) is 0.182. The van der Waals surface area contributed by atoms with Gasteiger partial charge in [0.1, 0.15) is 0 Å². The van der Waals surface area contributed by atoms with Gasteiger partial charge in [0.05, 0.1) is 0 Å². The molecule has 2 atom stereocenters. The van der Waals surface area contributed by atoms with E-state index in [-0.39, 0.29) is 17.0 Å². The summed E-state index contributed by atoms with van der Waals surface area (Å²) in [6.45, 7) is 1.62. The van der Waals surface area contributed by atoms with Crippen LogP contribution in [0.4, 0.5) is 10.1 Å². The average Bonchev–Trinajstić information content (AvgIpc) is 2.99. The molecule has 4 rings (SSSR count). The molecule has 2 aromatic carbocycles. The van der Waals surface area contributed by atoms with Gasteiger partial charge in [-0.2, -0.15) is 0 Å². The van der Waals surface area contributed by atoms with E-state index < -0.39 is 49.5 Å². The number of aromatic nitrogens is 1. The van der Waals surface area contributed by atoms with Crippen molar-refractivity contribution in [2.75, 3.05) is 4.31 Å². The molecule has 171 valence electrons. The Hall–Kier alpha value is -2.12. The van der Waals surface area contributed by atoms with Gasteiger partial charge in [0.2, 0.25) is 0 Å². The first-order chi connectivity index (χ1) is 15.6. The Bertz CT molecular complexity index is 1320. The minimum atomic E-state index is -4.06. The molecule has 0 saturated heterocycles. The van der Waals surface area contributed by atoms with Gasteiger partial charge in [-0.15, -0.1) is 0 Å². The molecule has 0 fully saturated rings. The van der Waals surface area contributed by atoms with Crippen molar-refractivity contribution in [3.05, 3.63) is 76.2 Å². The van der Waals surface area contributed by atoms with Crippen LogP contribution < -0.4 is 13.1 Å². The third-order valence-electron chi connectivity index (χ3n) is 5.34. The first-order valence-electron chi connectivity index (χ1n) is 9.76. The maximum atomic E-state index is 13.9. The van der Waals surface area contributed by atoms with E-state index in [0.29, 0.717) is 20.1 Å². The number of aliphatic carboxylic acids is 1. The van der Waals surface area contributed by atoms with E-state index in [1.54, 1.807) is 31.2 Å². The van der Waals surface area contributed by atoms with Crippen LogP contribution in [0.3, 0.4) is 0 Å². The Balaban J connectivity index is 1.66. The van der Waals surface area contributed by atoms with Gasteiger partial charge in [0.25, 0.3) is 0 Å². The van der Waals surface area contributed by atoms with Gasteiger partial charge >= 0.3 is 208 Å². The standard InChI is InChI=1S/C22H17AsCl2FN2O4S/c1-12-18(10-22(29)30)19-9-16(26)2-4-20(19)28(12)33(31,32)17-3-5-21(27-11-17)23-13-6-14(24)8-15(25)7-13/h2-9,11-12,18H,10H2,1H3,(H,29,30). The van der Waals surface area contributed by atoms with Crippen molar-refractivity contribution in [2.45, 2.75) is 30.2 Å². The molecular weight excluding hydrogens is 553 g/mol. The molecule has 1 aliphatic rings. The zero-order valence-electron chi connectivity index (χ0n) is 17.1. The van der Waals surface area contributed by atoms with Crippen LogP contribution in [0, 0.1) is 5.82 Å². The molecular formula is C22H17AsCl2FN2O4S. The number of carboxylic acid groups (broad SMARTS) is 1. The number of hydrogen-bond donors (Lipinski definition) is 1. The average molecular weight is 570 g/mol. The second-order valence-corrected chi connectivity index (χ2v) is 12.7. The summed E-state index contributed by atoms with van der Waals surface area (Å²) in [5, 5.41) is 10.3. The molecule has 3 aromatic rings. The Morgan fingerprint density at radius 3 is 2.45 bits per heavy atom. The van der Waals surface area contributed by atoms with Gasteiger partial charge in [-0.05, 0) is 0 Å². The van der Waals surface area contributed by atoms with Crippen LogP contribution in [0.2, 0.25) is 10.0 Å². The minimum absolute atomic E-state index is 0.0327. The first kappa shape index (κ1) is 24.0. The zero-order chi connectivity index (χ0) is 23.9. The molecule has 6 nitrogen and oxygen atoms in total. The number of hydrogen-bond acceptors (Lipinski definition) is 4. The first-order valence-corrected chi connectivity index (χ1v) is 13.8. The summed E-state index contributed by atoms with van der Waals surface area (Å²) in [7, 11) is -4.06. The number of nitrogens with zero attached hydrogens (tertiary/aromatic N) is 2. The van der Waals surface area contributed by atoms with Gasteiger partial charge < -0.3 is 0 Å². The summed E-state index contributed by atoms with van der Waals surface area (Å²) in [4.78, 5) is 15.7. The molecule has 0 amide bonds. The zero-order valence-corrected chi connectivity index (χ0v) is 21.3. The third-order valence-corrected chi connectivity index (χ3v) is 9.78. The molecule has 2 heterocycles. The number of sulfonamides is 1. The fourth-order valence-electron chi connectivity index (χ4n) is 3.92. The van der Waals surface area contributed by atoms with Crippen LogP contribution in [0.5, 0.6) is 0 Å². The number of benzene rings is 2. The molecule has 2 unspecified atom stereocenters. The summed E-state index contributed by atoms with van der Waals surface area (Å²) in [5.41, 5.74) is 0.639. The third kappa shape index (κ3) is 4.89. The molecule has 1 N–H and O–H groups in total. The SMILES string of the molecule is CC1C(CC(=O)O)c2cc(F)ccc2N1S(=O)(=O)c1ccc([As]c2cc(Cl)cc(Cl)c2)nc1. The molecule has 11 heteroatoms. The van der Waals surface area contributed by atoms with Gasteiger partial charge in [0, 0.05) is 0 Å². The second kappa shape index (κ2) is 9.26. The van der Waals surface area contributed by atoms with Crippen molar-refractivity contribution < 1.29 is 22.7 Å². The van der Waals surface area contributed by atoms with E-state index in [1.807, 2.05) is 0 Å². The Morgan fingerprint density at radius 1 is 1.15 bits per heavy atom. The molecule has 0 aliphatic carbocycles. The number of anilines is 1. The van der Waals surface area contributed by atoms with Crippen LogP contribution in [-0.4, -0.2) is 46.3 Å². The summed E-state index contributed by atoms with van der Waals surface area (Å²) in [6.07, 6.45) is 0.972. The number of rotatable bonds is 6. The second-order valence-electron chi connectivity index (χ2n) is 7.54. The molecule has 0 bridgehead atoms. The predicted molar refractivity (Wildman–Crippen MR) is 126 cm³/mol. The molecule has 1 radical (unpaired) electrons. The molecule has 0 saturated carbocycles. The predicted octanol–water partition coefficient (Wildman–Crippen LogP) is 3.34. The van der Waals surface area contributed by atoms with Gasteiger partial charge in [-0.1, -0.05) is 0 Å². The van der Waals surface area contributed by atoms with Crippen LogP contribution in [-0.2, 0) is 14.8 Å². The number of fused-ring (bicyclic) bond motifs is 1. The van der Waals surface area contributed by atoms with E-state index in [2.05, 4.69) is 4.98 Å². The van der Waals surface area contributed by atoms with E-state index in [0.717, 1.165) is 8.66 Å². The van der Waals surface area contributed by atoms with Crippen molar-refractivity contribution in [3.63, 3.8) is 0 Å². The monoisotopic (exact) mass is 569 g/mol. The summed E-state index contributed by atoms with van der Waals surface area (Å²) in [6, 6.07) is 11.4. The van der Waals surface area contributed by atoms with Crippen LogP contribution in [0.1, 0.15) is 24.8 Å². The summed E-state index contributed by atoms with van der Waals surface area (Å²) >= 11 is 11.5.